The van der Waals surface area contributed by atoms with Crippen LogP contribution in [-0.2, 0) is 14.3 Å². The Morgan fingerprint density at radius 1 is 1.54 bits per heavy atom. The summed E-state index contributed by atoms with van der Waals surface area (Å²) in [6.07, 6.45) is 0.923. The number of carbonyl (C=O) groups excluding carboxylic acids is 1. The highest BCUT2D eigenvalue weighted by atomic mass is 16.7. The maximum absolute atomic E-state index is 11.3. The van der Waals surface area contributed by atoms with E-state index >= 15 is 0 Å². The Morgan fingerprint density at radius 3 is 2.69 bits per heavy atom. The van der Waals surface area contributed by atoms with Crippen LogP contribution < -0.4 is 5.32 Å². The van der Waals surface area contributed by atoms with Gasteiger partial charge in [-0.1, -0.05) is 6.92 Å². The fourth-order valence-corrected chi connectivity index (χ4v) is 1.11. The molecule has 1 aliphatic rings. The molecular formula is C9H17NO3. The van der Waals surface area contributed by atoms with Gasteiger partial charge in [0, 0.05) is 6.04 Å². The van der Waals surface area contributed by atoms with Gasteiger partial charge >= 0.3 is 0 Å². The van der Waals surface area contributed by atoms with Gasteiger partial charge in [-0.25, -0.2) is 0 Å². The van der Waals surface area contributed by atoms with Gasteiger partial charge in [0.25, 0.3) is 0 Å². The molecule has 1 aliphatic heterocycles. The molecule has 4 nitrogen and oxygen atoms in total. The number of ether oxygens (including phenoxy) is 2. The first-order valence-electron chi connectivity index (χ1n) is 4.75. The van der Waals surface area contributed by atoms with Gasteiger partial charge in [0.1, 0.15) is 0 Å². The van der Waals surface area contributed by atoms with E-state index in [1.165, 1.54) is 0 Å². The third kappa shape index (κ3) is 3.74. The highest BCUT2D eigenvalue weighted by Crippen LogP contribution is 2.07. The van der Waals surface area contributed by atoms with Gasteiger partial charge < -0.3 is 14.8 Å². The van der Waals surface area contributed by atoms with Crippen molar-refractivity contribution in [3.05, 3.63) is 0 Å². The van der Waals surface area contributed by atoms with Crippen molar-refractivity contribution >= 4 is 5.91 Å². The number of amides is 1. The van der Waals surface area contributed by atoms with Crippen molar-refractivity contribution in [1.29, 1.82) is 0 Å². The van der Waals surface area contributed by atoms with Gasteiger partial charge in [0.15, 0.2) is 6.29 Å². The molecule has 1 unspecified atom stereocenters. The summed E-state index contributed by atoms with van der Waals surface area (Å²) in [5.74, 6) is 0.00116. The summed E-state index contributed by atoms with van der Waals surface area (Å²) in [6, 6.07) is 0.230. The quantitative estimate of drug-likeness (QED) is 0.703. The topological polar surface area (TPSA) is 47.6 Å². The lowest BCUT2D eigenvalue weighted by Gasteiger charge is -2.13. The normalized spacial score (nSPS) is 20.2. The molecule has 0 aliphatic carbocycles. The molecule has 13 heavy (non-hydrogen) atoms. The average Bonchev–Trinajstić information content (AvgIpc) is 2.56. The van der Waals surface area contributed by atoms with E-state index in [-0.39, 0.29) is 18.2 Å². The number of rotatable bonds is 4. The number of carbonyl (C=O) groups is 1. The van der Waals surface area contributed by atoms with E-state index in [0.29, 0.717) is 19.6 Å². The summed E-state index contributed by atoms with van der Waals surface area (Å²) in [5.41, 5.74) is 0. The van der Waals surface area contributed by atoms with Gasteiger partial charge in [-0.05, 0) is 13.3 Å². The Bertz CT molecular complexity index is 166. The molecule has 1 N–H and O–H groups in total. The predicted octanol–water partition coefficient (Wildman–Crippen LogP) is 0.664. The molecule has 0 aromatic heterocycles. The zero-order chi connectivity index (χ0) is 9.68. The molecule has 1 heterocycles. The molecule has 1 saturated heterocycles. The van der Waals surface area contributed by atoms with Gasteiger partial charge in [0.05, 0.1) is 19.6 Å². The lowest BCUT2D eigenvalue weighted by Crippen LogP contribution is -2.34. The average molecular weight is 187 g/mol. The van der Waals surface area contributed by atoms with Crippen molar-refractivity contribution in [1.82, 2.24) is 5.32 Å². The molecule has 1 fully saturated rings. The van der Waals surface area contributed by atoms with Crippen LogP contribution >= 0.6 is 0 Å². The molecule has 0 bridgehead atoms. The Kier molecular flexibility index (Phi) is 4.18. The van der Waals surface area contributed by atoms with Crippen LogP contribution in [0, 0.1) is 0 Å². The molecule has 0 radical (unpaired) electrons. The second kappa shape index (κ2) is 5.19. The minimum absolute atomic E-state index is 0.00116. The van der Waals surface area contributed by atoms with Crippen molar-refractivity contribution in [2.45, 2.75) is 39.0 Å². The molecule has 0 aromatic carbocycles. The van der Waals surface area contributed by atoms with E-state index in [2.05, 4.69) is 5.32 Å². The molecule has 0 aromatic rings. The summed E-state index contributed by atoms with van der Waals surface area (Å²) in [7, 11) is 0. The Hall–Kier alpha value is -0.610. The Labute approximate surface area is 78.6 Å². The van der Waals surface area contributed by atoms with E-state index in [1.54, 1.807) is 0 Å². The fourth-order valence-electron chi connectivity index (χ4n) is 1.11. The first-order chi connectivity index (χ1) is 6.22. The largest absolute Gasteiger partial charge is 0.353 e. The van der Waals surface area contributed by atoms with Crippen molar-refractivity contribution in [3.8, 4) is 0 Å². The number of nitrogens with one attached hydrogen (secondary N) is 1. The summed E-state index contributed by atoms with van der Waals surface area (Å²) in [6.45, 7) is 5.21. The molecule has 0 saturated carbocycles. The van der Waals surface area contributed by atoms with Gasteiger partial charge in [0.2, 0.25) is 5.91 Å². The van der Waals surface area contributed by atoms with Gasteiger partial charge in [-0.15, -0.1) is 0 Å². The molecule has 1 atom stereocenters. The lowest BCUT2D eigenvalue weighted by atomic mass is 10.2. The zero-order valence-electron chi connectivity index (χ0n) is 8.21. The van der Waals surface area contributed by atoms with Crippen LogP contribution in [0.2, 0.25) is 0 Å². The number of hydrogen-bond donors (Lipinski definition) is 1. The Morgan fingerprint density at radius 2 is 2.15 bits per heavy atom. The smallest absolute Gasteiger partial charge is 0.225 e. The SMILES string of the molecule is CCC(C)NC(=O)CC1OCCO1. The Balaban J connectivity index is 2.16. The first-order valence-corrected chi connectivity index (χ1v) is 4.75. The van der Waals surface area contributed by atoms with E-state index in [1.807, 2.05) is 13.8 Å². The van der Waals surface area contributed by atoms with Crippen LogP contribution in [0.3, 0.4) is 0 Å². The second-order valence-corrected chi connectivity index (χ2v) is 3.25. The molecular weight excluding hydrogens is 170 g/mol. The van der Waals surface area contributed by atoms with Crippen LogP contribution in [-0.4, -0.2) is 31.5 Å². The minimum Gasteiger partial charge on any atom is -0.353 e. The first kappa shape index (κ1) is 10.5. The summed E-state index contributed by atoms with van der Waals surface area (Å²) >= 11 is 0. The summed E-state index contributed by atoms with van der Waals surface area (Å²) in [5, 5.41) is 2.86. The summed E-state index contributed by atoms with van der Waals surface area (Å²) < 4.78 is 10.3. The zero-order valence-corrected chi connectivity index (χ0v) is 8.21. The van der Waals surface area contributed by atoms with E-state index in [0.717, 1.165) is 6.42 Å². The van der Waals surface area contributed by atoms with E-state index in [9.17, 15) is 4.79 Å². The maximum atomic E-state index is 11.3. The maximum Gasteiger partial charge on any atom is 0.225 e. The van der Waals surface area contributed by atoms with Crippen LogP contribution in [0.25, 0.3) is 0 Å². The monoisotopic (exact) mass is 187 g/mol. The van der Waals surface area contributed by atoms with Gasteiger partial charge in [-0.2, -0.15) is 0 Å². The van der Waals surface area contributed by atoms with Crippen LogP contribution in [0.1, 0.15) is 26.7 Å². The van der Waals surface area contributed by atoms with Crippen molar-refractivity contribution < 1.29 is 14.3 Å². The van der Waals surface area contributed by atoms with E-state index < -0.39 is 0 Å². The molecule has 4 heteroatoms. The highest BCUT2D eigenvalue weighted by molar-refractivity contribution is 5.76. The third-order valence-electron chi connectivity index (χ3n) is 2.06. The standard InChI is InChI=1S/C9H17NO3/c1-3-7(2)10-8(11)6-9-12-4-5-13-9/h7,9H,3-6H2,1-2H3,(H,10,11). The fraction of sp³-hybridized carbons (Fsp3) is 0.889. The van der Waals surface area contributed by atoms with Gasteiger partial charge in [-0.3, -0.25) is 4.79 Å². The predicted molar refractivity (Wildman–Crippen MR) is 48.2 cm³/mol. The summed E-state index contributed by atoms with van der Waals surface area (Å²) in [4.78, 5) is 11.3. The molecule has 1 amide bonds. The van der Waals surface area contributed by atoms with Crippen LogP contribution in [0.4, 0.5) is 0 Å². The van der Waals surface area contributed by atoms with Crippen molar-refractivity contribution in [2.75, 3.05) is 13.2 Å². The van der Waals surface area contributed by atoms with E-state index in [4.69, 9.17) is 9.47 Å². The van der Waals surface area contributed by atoms with Crippen molar-refractivity contribution in [3.63, 3.8) is 0 Å². The number of hydrogen-bond acceptors (Lipinski definition) is 3. The van der Waals surface area contributed by atoms with Crippen molar-refractivity contribution in [2.24, 2.45) is 0 Å². The molecule has 1 rings (SSSR count). The molecule has 76 valence electrons. The third-order valence-corrected chi connectivity index (χ3v) is 2.06. The second-order valence-electron chi connectivity index (χ2n) is 3.25. The highest BCUT2D eigenvalue weighted by Gasteiger charge is 2.19. The lowest BCUT2D eigenvalue weighted by molar-refractivity contribution is -0.130. The minimum atomic E-state index is -0.330. The molecule has 0 spiro atoms. The van der Waals surface area contributed by atoms with Crippen LogP contribution in [0.15, 0.2) is 0 Å². The van der Waals surface area contributed by atoms with Crippen LogP contribution in [0.5, 0.6) is 0 Å².